The lowest BCUT2D eigenvalue weighted by Crippen LogP contribution is -2.38. The van der Waals surface area contributed by atoms with Crippen LogP contribution in [0.3, 0.4) is 0 Å². The predicted octanol–water partition coefficient (Wildman–Crippen LogP) is 2.90. The average Bonchev–Trinajstić information content (AvgIpc) is 2.43. The molecule has 1 aromatic rings. The number of carbonyl (C=O) groups is 1. The fourth-order valence-electron chi connectivity index (χ4n) is 1.59. The number of alkyl halides is 2. The van der Waals surface area contributed by atoms with Crippen molar-refractivity contribution in [2.45, 2.75) is 44.5 Å². The maximum absolute atomic E-state index is 13.0. The van der Waals surface area contributed by atoms with E-state index < -0.39 is 27.9 Å². The summed E-state index contributed by atoms with van der Waals surface area (Å²) in [4.78, 5) is 11.0. The van der Waals surface area contributed by atoms with Crippen LogP contribution in [0, 0.1) is 0 Å². The van der Waals surface area contributed by atoms with Crippen LogP contribution in [-0.2, 0) is 31.7 Å². The van der Waals surface area contributed by atoms with E-state index in [0.29, 0.717) is 5.56 Å². The lowest BCUT2D eigenvalue weighted by Gasteiger charge is -2.23. The minimum Gasteiger partial charge on any atom is -0.455 e. The number of halogens is 2. The SMILES string of the molecule is CCC(C)(C)c1ccc(COC(=O)C(F)(F)S(=O)(=O)O)cc1. The van der Waals surface area contributed by atoms with E-state index in [1.54, 1.807) is 24.3 Å². The summed E-state index contributed by atoms with van der Waals surface area (Å²) in [6.45, 7) is 5.62. The molecule has 0 aliphatic rings. The highest BCUT2D eigenvalue weighted by Crippen LogP contribution is 2.27. The van der Waals surface area contributed by atoms with Gasteiger partial charge in [-0.3, -0.25) is 4.55 Å². The molecule has 0 aromatic heterocycles. The molecule has 0 heterocycles. The zero-order chi connectivity index (χ0) is 17.2. The van der Waals surface area contributed by atoms with E-state index in [1.165, 1.54) is 0 Å². The predicted molar refractivity (Wildman–Crippen MR) is 76.1 cm³/mol. The molecular weight excluding hydrogens is 318 g/mol. The van der Waals surface area contributed by atoms with Crippen molar-refractivity contribution >= 4 is 16.1 Å². The zero-order valence-corrected chi connectivity index (χ0v) is 13.3. The van der Waals surface area contributed by atoms with Gasteiger partial charge in [-0.25, -0.2) is 4.79 Å². The first-order valence-corrected chi connectivity index (χ1v) is 7.97. The van der Waals surface area contributed by atoms with E-state index in [1.807, 2.05) is 6.92 Å². The van der Waals surface area contributed by atoms with Crippen LogP contribution in [0.4, 0.5) is 8.78 Å². The first-order valence-electron chi connectivity index (χ1n) is 6.53. The number of rotatable bonds is 6. The Bertz CT molecular complexity index is 636. The van der Waals surface area contributed by atoms with Crippen LogP contribution in [0.25, 0.3) is 0 Å². The van der Waals surface area contributed by atoms with Gasteiger partial charge < -0.3 is 4.74 Å². The summed E-state index contributed by atoms with van der Waals surface area (Å²) in [5.74, 6) is -2.31. The molecule has 0 bridgehead atoms. The third-order valence-electron chi connectivity index (χ3n) is 3.55. The number of carbonyl (C=O) groups excluding carboxylic acids is 1. The first kappa shape index (κ1) is 18.5. The molecule has 0 aliphatic carbocycles. The van der Waals surface area contributed by atoms with Crippen molar-refractivity contribution in [1.82, 2.24) is 0 Å². The fourth-order valence-corrected chi connectivity index (χ4v) is 1.86. The Kier molecular flexibility index (Phi) is 5.30. The summed E-state index contributed by atoms with van der Waals surface area (Å²) in [5, 5.41) is -4.98. The van der Waals surface area contributed by atoms with Crippen molar-refractivity contribution in [1.29, 1.82) is 0 Å². The topological polar surface area (TPSA) is 80.7 Å². The monoisotopic (exact) mass is 336 g/mol. The highest BCUT2D eigenvalue weighted by Gasteiger charge is 2.54. The van der Waals surface area contributed by atoms with Crippen molar-refractivity contribution in [2.75, 3.05) is 0 Å². The Labute approximate surface area is 128 Å². The molecule has 0 saturated heterocycles. The molecule has 0 fully saturated rings. The Morgan fingerprint density at radius 2 is 1.73 bits per heavy atom. The van der Waals surface area contributed by atoms with Crippen LogP contribution in [0.15, 0.2) is 24.3 Å². The molecule has 0 atom stereocenters. The molecule has 22 heavy (non-hydrogen) atoms. The number of hydrogen-bond acceptors (Lipinski definition) is 4. The van der Waals surface area contributed by atoms with Crippen molar-refractivity contribution in [3.05, 3.63) is 35.4 Å². The van der Waals surface area contributed by atoms with Gasteiger partial charge >= 0.3 is 21.3 Å². The molecule has 0 radical (unpaired) electrons. The Balaban J connectivity index is 2.76. The Hall–Kier alpha value is -1.54. The summed E-state index contributed by atoms with van der Waals surface area (Å²) >= 11 is 0. The molecule has 0 unspecified atom stereocenters. The molecule has 0 amide bonds. The third kappa shape index (κ3) is 4.01. The summed E-state index contributed by atoms with van der Waals surface area (Å²) < 4.78 is 59.3. The van der Waals surface area contributed by atoms with Crippen LogP contribution in [0.5, 0.6) is 0 Å². The highest BCUT2D eigenvalue weighted by molar-refractivity contribution is 7.87. The van der Waals surface area contributed by atoms with Crippen molar-refractivity contribution in [3.8, 4) is 0 Å². The van der Waals surface area contributed by atoms with Crippen LogP contribution < -0.4 is 0 Å². The summed E-state index contributed by atoms with van der Waals surface area (Å²) in [6, 6.07) is 6.78. The molecule has 124 valence electrons. The third-order valence-corrected chi connectivity index (χ3v) is 4.37. The Morgan fingerprint density at radius 3 is 2.14 bits per heavy atom. The Morgan fingerprint density at radius 1 is 1.23 bits per heavy atom. The fraction of sp³-hybridized carbons (Fsp3) is 0.500. The summed E-state index contributed by atoms with van der Waals surface area (Å²) in [6.07, 6.45) is 0.905. The lowest BCUT2D eigenvalue weighted by molar-refractivity contribution is -0.162. The van der Waals surface area contributed by atoms with Crippen molar-refractivity contribution < 1.29 is 31.3 Å². The van der Waals surface area contributed by atoms with Gasteiger partial charge in [-0.15, -0.1) is 0 Å². The van der Waals surface area contributed by atoms with Crippen molar-refractivity contribution in [3.63, 3.8) is 0 Å². The second kappa shape index (κ2) is 6.29. The number of benzene rings is 1. The largest absolute Gasteiger partial charge is 0.465 e. The average molecular weight is 336 g/mol. The first-order chi connectivity index (χ1) is 9.91. The van der Waals surface area contributed by atoms with Gasteiger partial charge in [-0.1, -0.05) is 45.0 Å². The molecule has 0 aliphatic heterocycles. The van der Waals surface area contributed by atoms with E-state index in [2.05, 4.69) is 18.6 Å². The molecule has 8 heteroatoms. The molecule has 0 spiro atoms. The smallest absolute Gasteiger partial charge is 0.455 e. The molecule has 1 N–H and O–H groups in total. The number of esters is 1. The lowest BCUT2D eigenvalue weighted by atomic mass is 9.82. The normalized spacial score (nSPS) is 13.0. The maximum Gasteiger partial charge on any atom is 0.465 e. The molecule has 1 rings (SSSR count). The summed E-state index contributed by atoms with van der Waals surface area (Å²) in [7, 11) is -5.84. The molecule has 1 aromatic carbocycles. The second-order valence-electron chi connectivity index (χ2n) is 5.50. The van der Waals surface area contributed by atoms with Gasteiger partial charge in [0, 0.05) is 0 Å². The number of hydrogen-bond donors (Lipinski definition) is 1. The number of ether oxygens (including phenoxy) is 1. The van der Waals surface area contributed by atoms with Crippen LogP contribution in [0.1, 0.15) is 38.3 Å². The van der Waals surface area contributed by atoms with Gasteiger partial charge in [-0.05, 0) is 23.0 Å². The van der Waals surface area contributed by atoms with E-state index in [-0.39, 0.29) is 5.41 Å². The van der Waals surface area contributed by atoms with Crippen LogP contribution in [0.2, 0.25) is 0 Å². The van der Waals surface area contributed by atoms with E-state index in [4.69, 9.17) is 4.55 Å². The quantitative estimate of drug-likeness (QED) is 0.638. The molecular formula is C14H18F2O5S. The van der Waals surface area contributed by atoms with E-state index in [9.17, 15) is 22.0 Å². The van der Waals surface area contributed by atoms with E-state index >= 15 is 0 Å². The maximum atomic E-state index is 13.0. The molecule has 5 nitrogen and oxygen atoms in total. The van der Waals surface area contributed by atoms with Crippen LogP contribution >= 0.6 is 0 Å². The van der Waals surface area contributed by atoms with Gasteiger partial charge in [0.1, 0.15) is 6.61 Å². The van der Waals surface area contributed by atoms with Gasteiger partial charge in [0.2, 0.25) is 0 Å². The van der Waals surface area contributed by atoms with Gasteiger partial charge in [0.15, 0.2) is 0 Å². The molecule has 0 saturated carbocycles. The van der Waals surface area contributed by atoms with Gasteiger partial charge in [0.25, 0.3) is 0 Å². The zero-order valence-electron chi connectivity index (χ0n) is 12.5. The van der Waals surface area contributed by atoms with Gasteiger partial charge in [-0.2, -0.15) is 17.2 Å². The van der Waals surface area contributed by atoms with E-state index in [0.717, 1.165) is 12.0 Å². The minimum absolute atomic E-state index is 0.0484. The minimum atomic E-state index is -5.84. The standard InChI is InChI=1S/C14H18F2O5S/c1-4-13(2,3)11-7-5-10(6-8-11)9-21-12(17)14(15,16)22(18,19)20/h5-8H,4,9H2,1-3H3,(H,18,19,20). The highest BCUT2D eigenvalue weighted by atomic mass is 32.2. The van der Waals surface area contributed by atoms with Gasteiger partial charge in [0.05, 0.1) is 0 Å². The second-order valence-corrected chi connectivity index (χ2v) is 6.97. The van der Waals surface area contributed by atoms with Crippen molar-refractivity contribution in [2.24, 2.45) is 0 Å². The van der Waals surface area contributed by atoms with Crippen LogP contribution in [-0.4, -0.2) is 24.2 Å². The summed E-state index contributed by atoms with van der Waals surface area (Å²) in [5.41, 5.74) is 1.41.